The highest BCUT2D eigenvalue weighted by Crippen LogP contribution is 2.41. The van der Waals surface area contributed by atoms with Crippen LogP contribution in [0, 0.1) is 5.82 Å². The van der Waals surface area contributed by atoms with Gasteiger partial charge in [-0.1, -0.05) is 23.9 Å². The Kier molecular flexibility index (Phi) is 5.76. The molecule has 2 aliphatic rings. The molecule has 0 amide bonds. The molecule has 0 radical (unpaired) electrons. The summed E-state index contributed by atoms with van der Waals surface area (Å²) in [6, 6.07) is 11.1. The lowest BCUT2D eigenvalue weighted by atomic mass is 10.1. The average molecular weight is 427 g/mol. The minimum absolute atomic E-state index is 0.0464. The molecular weight excluding hydrogens is 409 g/mol. The molecule has 1 N–H and O–H groups in total. The summed E-state index contributed by atoms with van der Waals surface area (Å²) in [5.74, 6) is -0.103. The Bertz CT molecular complexity index is 1090. The van der Waals surface area contributed by atoms with Crippen molar-refractivity contribution < 1.29 is 28.5 Å². The van der Waals surface area contributed by atoms with Crippen molar-refractivity contribution in [2.75, 3.05) is 19.8 Å². The summed E-state index contributed by atoms with van der Waals surface area (Å²) >= 11 is 1.11. The molecule has 0 saturated heterocycles. The van der Waals surface area contributed by atoms with E-state index in [0.29, 0.717) is 35.3 Å². The van der Waals surface area contributed by atoms with E-state index in [4.69, 9.17) is 14.2 Å². The molecule has 6 nitrogen and oxygen atoms in total. The molecule has 0 spiro atoms. The molecule has 0 unspecified atom stereocenters. The van der Waals surface area contributed by atoms with E-state index in [2.05, 4.69) is 4.99 Å². The van der Waals surface area contributed by atoms with Gasteiger partial charge in [0.25, 0.3) is 0 Å². The van der Waals surface area contributed by atoms with Crippen molar-refractivity contribution in [2.45, 2.75) is 6.92 Å². The Balaban J connectivity index is 1.72. The zero-order chi connectivity index (χ0) is 21.1. The number of thioether (sulfide) groups is 1. The number of aliphatic hydroxyl groups is 1. The van der Waals surface area contributed by atoms with Crippen LogP contribution in [-0.4, -0.2) is 35.9 Å². The summed E-state index contributed by atoms with van der Waals surface area (Å²) < 4.78 is 29.7. The Morgan fingerprint density at radius 2 is 2.03 bits per heavy atom. The first-order valence-corrected chi connectivity index (χ1v) is 10.1. The number of esters is 1. The monoisotopic (exact) mass is 427 g/mol. The SMILES string of the molecule is CCOC(=O)C1=C(O)C(=Cc2ccc3c(c2)OCCO3)SC1=Nc1cccc(F)c1. The maximum atomic E-state index is 13.5. The van der Waals surface area contributed by atoms with Gasteiger partial charge in [-0.05, 0) is 48.9 Å². The van der Waals surface area contributed by atoms with Gasteiger partial charge in [-0.2, -0.15) is 0 Å². The van der Waals surface area contributed by atoms with E-state index in [0.717, 1.165) is 17.3 Å². The van der Waals surface area contributed by atoms with E-state index in [1.54, 1.807) is 31.2 Å². The van der Waals surface area contributed by atoms with E-state index in [1.165, 1.54) is 18.2 Å². The van der Waals surface area contributed by atoms with Crippen LogP contribution in [0.4, 0.5) is 10.1 Å². The first-order chi connectivity index (χ1) is 14.5. The number of aliphatic imine (C=N–C) groups is 1. The van der Waals surface area contributed by atoms with Crippen molar-refractivity contribution in [2.24, 2.45) is 4.99 Å². The molecule has 30 heavy (non-hydrogen) atoms. The van der Waals surface area contributed by atoms with Crippen molar-refractivity contribution in [3.63, 3.8) is 0 Å². The second-order valence-electron chi connectivity index (χ2n) is 6.35. The van der Waals surface area contributed by atoms with Gasteiger partial charge in [0.2, 0.25) is 0 Å². The number of aliphatic hydroxyl groups excluding tert-OH is 1. The number of benzene rings is 2. The van der Waals surface area contributed by atoms with E-state index in [-0.39, 0.29) is 23.0 Å². The highest BCUT2D eigenvalue weighted by molar-refractivity contribution is 8.18. The topological polar surface area (TPSA) is 77.4 Å². The largest absolute Gasteiger partial charge is 0.506 e. The van der Waals surface area contributed by atoms with Crippen molar-refractivity contribution in [1.29, 1.82) is 0 Å². The number of rotatable bonds is 4. The Morgan fingerprint density at radius 3 is 2.80 bits per heavy atom. The van der Waals surface area contributed by atoms with Gasteiger partial charge in [-0.15, -0.1) is 0 Å². The van der Waals surface area contributed by atoms with E-state index in [1.807, 2.05) is 6.07 Å². The fourth-order valence-corrected chi connectivity index (χ4v) is 3.99. The van der Waals surface area contributed by atoms with E-state index >= 15 is 0 Å². The number of halogens is 1. The van der Waals surface area contributed by atoms with Crippen LogP contribution in [-0.2, 0) is 9.53 Å². The Morgan fingerprint density at radius 1 is 1.23 bits per heavy atom. The van der Waals surface area contributed by atoms with Crippen molar-refractivity contribution in [1.82, 2.24) is 0 Å². The third-order valence-corrected chi connectivity index (χ3v) is 5.29. The molecule has 0 atom stereocenters. The molecule has 2 aromatic rings. The fraction of sp³-hybridized carbons (Fsp3) is 0.182. The van der Waals surface area contributed by atoms with Gasteiger partial charge in [0.15, 0.2) is 11.5 Å². The molecule has 0 fully saturated rings. The Hall–Kier alpha value is -3.26. The minimum atomic E-state index is -0.691. The summed E-state index contributed by atoms with van der Waals surface area (Å²) in [6.07, 6.45) is 1.71. The molecule has 0 aromatic heterocycles. The third-order valence-electron chi connectivity index (χ3n) is 4.27. The minimum Gasteiger partial charge on any atom is -0.506 e. The highest BCUT2D eigenvalue weighted by Gasteiger charge is 2.33. The van der Waals surface area contributed by atoms with Crippen LogP contribution in [0.5, 0.6) is 11.5 Å². The summed E-state index contributed by atoms with van der Waals surface area (Å²) in [5, 5.41) is 11.0. The van der Waals surface area contributed by atoms with Gasteiger partial charge in [0.1, 0.15) is 35.4 Å². The zero-order valence-electron chi connectivity index (χ0n) is 16.1. The molecule has 0 saturated carbocycles. The number of carbonyl (C=O) groups is 1. The van der Waals surface area contributed by atoms with Crippen LogP contribution in [0.3, 0.4) is 0 Å². The predicted octanol–water partition coefficient (Wildman–Crippen LogP) is 4.79. The lowest BCUT2D eigenvalue weighted by Crippen LogP contribution is -2.15. The van der Waals surface area contributed by atoms with Gasteiger partial charge in [0, 0.05) is 0 Å². The molecule has 2 aliphatic heterocycles. The second-order valence-corrected chi connectivity index (χ2v) is 7.39. The first kappa shape index (κ1) is 20.0. The normalized spacial score (nSPS) is 18.2. The fourth-order valence-electron chi connectivity index (χ4n) is 2.96. The van der Waals surface area contributed by atoms with Gasteiger partial charge < -0.3 is 19.3 Å². The number of ether oxygens (including phenoxy) is 3. The summed E-state index contributed by atoms with van der Waals surface area (Å²) in [6.45, 7) is 2.78. The number of fused-ring (bicyclic) bond motifs is 1. The van der Waals surface area contributed by atoms with Crippen LogP contribution in [0.25, 0.3) is 6.08 Å². The second kappa shape index (κ2) is 8.62. The van der Waals surface area contributed by atoms with Crippen molar-refractivity contribution in [3.05, 3.63) is 70.1 Å². The zero-order valence-corrected chi connectivity index (χ0v) is 16.9. The Labute approximate surface area is 176 Å². The molecular formula is C22H18FNO5S. The number of nitrogens with zero attached hydrogens (tertiary/aromatic N) is 1. The lowest BCUT2D eigenvalue weighted by molar-refractivity contribution is -0.138. The first-order valence-electron chi connectivity index (χ1n) is 9.29. The van der Waals surface area contributed by atoms with Crippen LogP contribution in [0.1, 0.15) is 12.5 Å². The smallest absolute Gasteiger partial charge is 0.344 e. The van der Waals surface area contributed by atoms with Crippen LogP contribution < -0.4 is 9.47 Å². The van der Waals surface area contributed by atoms with Crippen LogP contribution >= 0.6 is 11.8 Å². The van der Waals surface area contributed by atoms with Crippen molar-refractivity contribution >= 4 is 34.5 Å². The maximum absolute atomic E-state index is 13.5. The average Bonchev–Trinajstić information content (AvgIpc) is 3.03. The van der Waals surface area contributed by atoms with Crippen molar-refractivity contribution in [3.8, 4) is 11.5 Å². The van der Waals surface area contributed by atoms with E-state index in [9.17, 15) is 14.3 Å². The molecule has 154 valence electrons. The number of hydrogen-bond acceptors (Lipinski definition) is 7. The van der Waals surface area contributed by atoms with Gasteiger partial charge in [-0.3, -0.25) is 0 Å². The summed E-state index contributed by atoms with van der Waals surface area (Å²) in [5.41, 5.74) is 1.03. The molecule has 8 heteroatoms. The quantitative estimate of drug-likeness (QED) is 0.707. The number of hydrogen-bond donors (Lipinski definition) is 1. The van der Waals surface area contributed by atoms with Crippen LogP contribution in [0.2, 0.25) is 0 Å². The van der Waals surface area contributed by atoms with Gasteiger partial charge in [-0.25, -0.2) is 14.2 Å². The predicted molar refractivity (Wildman–Crippen MR) is 113 cm³/mol. The van der Waals surface area contributed by atoms with Crippen LogP contribution in [0.15, 0.2) is 63.7 Å². The molecule has 4 rings (SSSR count). The lowest BCUT2D eigenvalue weighted by Gasteiger charge is -2.18. The molecule has 2 heterocycles. The maximum Gasteiger partial charge on any atom is 0.344 e. The van der Waals surface area contributed by atoms with Gasteiger partial charge in [0.05, 0.1) is 17.2 Å². The third kappa shape index (κ3) is 4.18. The molecule has 0 bridgehead atoms. The molecule has 2 aromatic carbocycles. The highest BCUT2D eigenvalue weighted by atomic mass is 32.2. The summed E-state index contributed by atoms with van der Waals surface area (Å²) in [7, 11) is 0. The van der Waals surface area contributed by atoms with Gasteiger partial charge >= 0.3 is 5.97 Å². The van der Waals surface area contributed by atoms with E-state index < -0.39 is 11.8 Å². The molecule has 0 aliphatic carbocycles. The number of carbonyl (C=O) groups excluding carboxylic acids is 1. The summed E-state index contributed by atoms with van der Waals surface area (Å²) in [4.78, 5) is 17.2. The standard InChI is InChI=1S/C22H18FNO5S/c1-2-27-22(26)19-20(25)18(30-21(19)24-15-5-3-4-14(23)12-15)11-13-6-7-16-17(10-13)29-9-8-28-16/h3-7,10-12,25H,2,8-9H2,1H3.